The van der Waals surface area contributed by atoms with E-state index in [9.17, 15) is 23.5 Å². The second-order valence-electron chi connectivity index (χ2n) is 8.18. The van der Waals surface area contributed by atoms with Gasteiger partial charge in [0.15, 0.2) is 0 Å². The lowest BCUT2D eigenvalue weighted by Gasteiger charge is -2.32. The number of halogens is 2. The number of carboxylic acids is 1. The zero-order valence-corrected chi connectivity index (χ0v) is 17.8. The van der Waals surface area contributed by atoms with Crippen LogP contribution in [0, 0.1) is 6.92 Å². The number of aromatic nitrogens is 2. The first-order chi connectivity index (χ1) is 15.1. The molecule has 1 unspecified atom stereocenters. The number of rotatable bonds is 5. The molecule has 0 saturated carbocycles. The molecule has 1 fully saturated rings. The monoisotopic (exact) mass is 442 g/mol. The molecule has 2 N–H and O–H groups in total. The van der Waals surface area contributed by atoms with Crippen molar-refractivity contribution >= 4 is 23.1 Å². The average Bonchev–Trinajstić information content (AvgIpc) is 2.74. The van der Waals surface area contributed by atoms with E-state index < -0.39 is 11.9 Å². The summed E-state index contributed by atoms with van der Waals surface area (Å²) in [5.41, 5.74) is 2.22. The van der Waals surface area contributed by atoms with Crippen LogP contribution >= 0.6 is 0 Å². The zero-order valence-electron chi connectivity index (χ0n) is 17.8. The summed E-state index contributed by atoms with van der Waals surface area (Å²) in [6.45, 7) is 3.95. The smallest absolute Gasteiger partial charge is 0.337 e. The van der Waals surface area contributed by atoms with E-state index >= 15 is 0 Å². The van der Waals surface area contributed by atoms with Gasteiger partial charge in [-0.2, -0.15) is 0 Å². The number of aromatic carboxylic acids is 1. The lowest BCUT2D eigenvalue weighted by Crippen LogP contribution is -2.40. The predicted octanol–water partition coefficient (Wildman–Crippen LogP) is 4.11. The number of carbonyl (C=O) groups is 1. The molecule has 3 aromatic rings. The molecule has 1 aliphatic rings. The van der Waals surface area contributed by atoms with Crippen LogP contribution in [0.5, 0.6) is 0 Å². The number of pyridine rings is 1. The van der Waals surface area contributed by atoms with Gasteiger partial charge in [-0.1, -0.05) is 12.1 Å². The van der Waals surface area contributed by atoms with Crippen molar-refractivity contribution in [2.75, 3.05) is 23.3 Å². The number of aryl methyl sites for hydroxylation is 1. The van der Waals surface area contributed by atoms with Crippen molar-refractivity contribution in [3.63, 3.8) is 0 Å². The summed E-state index contributed by atoms with van der Waals surface area (Å²) >= 11 is 0. The van der Waals surface area contributed by atoms with Crippen LogP contribution in [0.2, 0.25) is 0 Å². The SMILES string of the molecule is Cc1cc(C(C)Nc2ccccc2C(=O)O)c2nc(N3CCC(F)(F)CC3)cc(=O)n2c1. The van der Waals surface area contributed by atoms with Gasteiger partial charge in [0.2, 0.25) is 0 Å². The normalized spacial score (nSPS) is 16.7. The van der Waals surface area contributed by atoms with Crippen molar-refractivity contribution in [3.8, 4) is 0 Å². The van der Waals surface area contributed by atoms with Crippen LogP contribution in [0.3, 0.4) is 0 Å². The number of hydrogen-bond acceptors (Lipinski definition) is 5. The minimum atomic E-state index is -2.69. The molecule has 32 heavy (non-hydrogen) atoms. The summed E-state index contributed by atoms with van der Waals surface area (Å²) in [6.07, 6.45) is 1.12. The Morgan fingerprint density at radius 2 is 1.91 bits per heavy atom. The average molecular weight is 442 g/mol. The molecule has 168 valence electrons. The Kier molecular flexibility index (Phi) is 5.58. The third-order valence-corrected chi connectivity index (χ3v) is 5.73. The molecule has 4 rings (SSSR count). The van der Waals surface area contributed by atoms with Crippen molar-refractivity contribution in [1.82, 2.24) is 9.38 Å². The van der Waals surface area contributed by atoms with E-state index in [1.54, 1.807) is 29.3 Å². The van der Waals surface area contributed by atoms with Gasteiger partial charge in [-0.3, -0.25) is 9.20 Å². The van der Waals surface area contributed by atoms with Crippen LogP contribution in [0.15, 0.2) is 47.4 Å². The third-order valence-electron chi connectivity index (χ3n) is 5.73. The van der Waals surface area contributed by atoms with Gasteiger partial charge in [0.1, 0.15) is 11.5 Å². The van der Waals surface area contributed by atoms with E-state index in [4.69, 9.17) is 0 Å². The van der Waals surface area contributed by atoms with E-state index in [0.717, 1.165) is 5.56 Å². The number of hydrogen-bond donors (Lipinski definition) is 2. The fourth-order valence-corrected chi connectivity index (χ4v) is 4.01. The lowest BCUT2D eigenvalue weighted by atomic mass is 10.1. The van der Waals surface area contributed by atoms with Gasteiger partial charge in [0, 0.05) is 49.4 Å². The fraction of sp³-hybridized carbons (Fsp3) is 0.348. The molecule has 3 heterocycles. The summed E-state index contributed by atoms with van der Waals surface area (Å²) in [5.74, 6) is -3.37. The van der Waals surface area contributed by atoms with Gasteiger partial charge in [0.05, 0.1) is 11.6 Å². The quantitative estimate of drug-likeness (QED) is 0.619. The van der Waals surface area contributed by atoms with Crippen molar-refractivity contribution in [3.05, 3.63) is 69.6 Å². The number of nitrogens with one attached hydrogen (secondary N) is 1. The van der Waals surface area contributed by atoms with Crippen LogP contribution in [0.25, 0.3) is 5.65 Å². The molecular weight excluding hydrogens is 418 g/mol. The number of fused-ring (bicyclic) bond motifs is 1. The molecule has 1 aromatic carbocycles. The largest absolute Gasteiger partial charge is 0.478 e. The molecule has 0 radical (unpaired) electrons. The van der Waals surface area contributed by atoms with Crippen molar-refractivity contribution < 1.29 is 18.7 Å². The number of piperidine rings is 1. The molecule has 9 heteroatoms. The van der Waals surface area contributed by atoms with Crippen molar-refractivity contribution in [1.29, 1.82) is 0 Å². The number of benzene rings is 1. The Labute approximate surface area is 183 Å². The van der Waals surface area contributed by atoms with Crippen LogP contribution in [-0.4, -0.2) is 39.5 Å². The van der Waals surface area contributed by atoms with E-state index in [1.807, 2.05) is 19.9 Å². The Morgan fingerprint density at radius 3 is 2.59 bits per heavy atom. The summed E-state index contributed by atoms with van der Waals surface area (Å²) in [7, 11) is 0. The third kappa shape index (κ3) is 4.28. The Hall–Kier alpha value is -3.49. The molecule has 1 aliphatic heterocycles. The van der Waals surface area contributed by atoms with Gasteiger partial charge < -0.3 is 15.3 Å². The van der Waals surface area contributed by atoms with Crippen LogP contribution < -0.4 is 15.8 Å². The van der Waals surface area contributed by atoms with E-state index in [-0.39, 0.29) is 43.1 Å². The van der Waals surface area contributed by atoms with Crippen molar-refractivity contribution in [2.45, 2.75) is 38.7 Å². The van der Waals surface area contributed by atoms with Gasteiger partial charge in [-0.15, -0.1) is 0 Å². The number of anilines is 2. The first-order valence-corrected chi connectivity index (χ1v) is 10.4. The summed E-state index contributed by atoms with van der Waals surface area (Å²) in [4.78, 5) is 30.8. The molecule has 1 atom stereocenters. The molecule has 0 amide bonds. The maximum absolute atomic E-state index is 13.6. The topological polar surface area (TPSA) is 86.9 Å². The minimum Gasteiger partial charge on any atom is -0.478 e. The van der Waals surface area contributed by atoms with Gasteiger partial charge in [-0.05, 0) is 37.6 Å². The van der Waals surface area contributed by atoms with Crippen LogP contribution in [-0.2, 0) is 0 Å². The fourth-order valence-electron chi connectivity index (χ4n) is 4.01. The Morgan fingerprint density at radius 1 is 1.22 bits per heavy atom. The highest BCUT2D eigenvalue weighted by Gasteiger charge is 2.34. The summed E-state index contributed by atoms with van der Waals surface area (Å²) in [5, 5.41) is 12.7. The highest BCUT2D eigenvalue weighted by Crippen LogP contribution is 2.30. The minimum absolute atomic E-state index is 0.122. The van der Waals surface area contributed by atoms with Crippen LogP contribution in [0.1, 0.15) is 47.3 Å². The van der Waals surface area contributed by atoms with Crippen molar-refractivity contribution in [2.24, 2.45) is 0 Å². The molecule has 0 spiro atoms. The highest BCUT2D eigenvalue weighted by atomic mass is 19.3. The first kappa shape index (κ1) is 21.7. The Balaban J connectivity index is 1.75. The van der Waals surface area contributed by atoms with Gasteiger partial charge in [-0.25, -0.2) is 18.6 Å². The maximum atomic E-state index is 13.6. The first-order valence-electron chi connectivity index (χ1n) is 10.4. The van der Waals surface area contributed by atoms with Crippen LogP contribution in [0.4, 0.5) is 20.3 Å². The molecule has 1 saturated heterocycles. The summed E-state index contributed by atoms with van der Waals surface area (Å²) < 4.78 is 28.6. The molecule has 2 aromatic heterocycles. The number of nitrogens with zero attached hydrogens (tertiary/aromatic N) is 3. The number of alkyl halides is 2. The van der Waals surface area contributed by atoms with E-state index in [0.29, 0.717) is 22.7 Å². The molecular formula is C23H24F2N4O3. The maximum Gasteiger partial charge on any atom is 0.337 e. The molecule has 7 nitrogen and oxygen atoms in total. The van der Waals surface area contributed by atoms with E-state index in [1.165, 1.54) is 16.5 Å². The Bertz CT molecular complexity index is 1230. The van der Waals surface area contributed by atoms with Gasteiger partial charge in [0.25, 0.3) is 11.5 Å². The second kappa shape index (κ2) is 8.22. The zero-order chi connectivity index (χ0) is 23.0. The van der Waals surface area contributed by atoms with Gasteiger partial charge >= 0.3 is 5.97 Å². The highest BCUT2D eigenvalue weighted by molar-refractivity contribution is 5.94. The lowest BCUT2D eigenvalue weighted by molar-refractivity contribution is -0.0221. The predicted molar refractivity (Wildman–Crippen MR) is 118 cm³/mol. The summed E-state index contributed by atoms with van der Waals surface area (Å²) in [6, 6.07) is 9.46. The van der Waals surface area contributed by atoms with E-state index in [2.05, 4.69) is 10.3 Å². The standard InChI is InChI=1S/C23H24F2N4O3/c1-14-11-17(15(2)26-18-6-4-3-5-16(18)22(31)32)21-27-19(12-20(30)29(21)13-14)28-9-7-23(24,25)8-10-28/h3-6,11-13,15,26H,7-10H2,1-2H3,(H,31,32). The molecule has 0 aliphatic carbocycles. The number of carboxylic acid groups (broad SMARTS) is 1. The molecule has 0 bridgehead atoms. The number of para-hydroxylation sites is 1. The second-order valence-corrected chi connectivity index (χ2v) is 8.18.